The molecule has 0 aliphatic heterocycles. The largest absolute Gasteiger partial charge is 0.500 e. The number of hydrogen-bond donors (Lipinski definition) is 0. The highest BCUT2D eigenvalue weighted by molar-refractivity contribution is 6.91. The van der Waals surface area contributed by atoms with Crippen LogP contribution in [0.1, 0.15) is 128 Å². The summed E-state index contributed by atoms with van der Waals surface area (Å²) >= 11 is 0. The first-order valence-electron chi connectivity index (χ1n) is 19.7. The Balaban J connectivity index is 1.49. The van der Waals surface area contributed by atoms with Gasteiger partial charge in [0, 0.05) is 27.4 Å². The molecule has 2 rings (SSSR count). The molecule has 1 fully saturated rings. The lowest BCUT2D eigenvalue weighted by atomic mass is 9.90. The summed E-state index contributed by atoms with van der Waals surface area (Å²) in [6.45, 7) is 11.9. The van der Waals surface area contributed by atoms with E-state index in [2.05, 4.69) is 50.5 Å². The first-order chi connectivity index (χ1) is 22.7. The summed E-state index contributed by atoms with van der Waals surface area (Å²) in [6.07, 6.45) is 26.6. The summed E-state index contributed by atoms with van der Waals surface area (Å²) in [5.41, 5.74) is 0. The van der Waals surface area contributed by atoms with E-state index in [9.17, 15) is 0 Å². The van der Waals surface area contributed by atoms with Gasteiger partial charge in [0.2, 0.25) is 0 Å². The molecule has 0 heterocycles. The molecule has 0 radical (unpaired) electrons. The maximum atomic E-state index is 5.54. The average molecular weight is 709 g/mol. The van der Waals surface area contributed by atoms with Gasteiger partial charge in [-0.15, -0.1) is 0 Å². The Morgan fingerprint density at radius 1 is 0.489 bits per heavy atom. The standard InChI is InChI=1S/C39H76O5Si3/c1-40-47(41-2,42-3)35-25-18-14-13-17-24-34-46(6,7)39-30-28-38(29-31-39)45(4,5)33-23-16-12-10-8-9-11-15-22-32-43-44-36-37-26-20-19-21-27-37/h28-31,37H,8-27,32-36H2,1-7H3. The molecule has 1 aromatic carbocycles. The molecule has 8 heteroatoms. The van der Waals surface area contributed by atoms with Crippen molar-refractivity contribution in [2.75, 3.05) is 34.5 Å². The van der Waals surface area contributed by atoms with Crippen molar-refractivity contribution in [2.24, 2.45) is 5.92 Å². The van der Waals surface area contributed by atoms with Crippen LogP contribution in [0.25, 0.3) is 0 Å². The third-order valence-corrected chi connectivity index (χ3v) is 20.9. The van der Waals surface area contributed by atoms with E-state index in [1.165, 1.54) is 128 Å². The zero-order chi connectivity index (χ0) is 34.3. The summed E-state index contributed by atoms with van der Waals surface area (Å²) in [7, 11) is -0.0164. The zero-order valence-electron chi connectivity index (χ0n) is 32.1. The van der Waals surface area contributed by atoms with Crippen molar-refractivity contribution < 1.29 is 23.1 Å². The van der Waals surface area contributed by atoms with Crippen molar-refractivity contribution >= 4 is 35.3 Å². The molecule has 0 N–H and O–H groups in total. The molecule has 0 amide bonds. The van der Waals surface area contributed by atoms with E-state index in [-0.39, 0.29) is 0 Å². The zero-order valence-corrected chi connectivity index (χ0v) is 35.1. The predicted molar refractivity (Wildman–Crippen MR) is 210 cm³/mol. The van der Waals surface area contributed by atoms with E-state index in [0.29, 0.717) is 0 Å². The molecule has 274 valence electrons. The van der Waals surface area contributed by atoms with E-state index in [4.69, 9.17) is 23.1 Å². The van der Waals surface area contributed by atoms with Gasteiger partial charge in [-0.05, 0) is 31.6 Å². The normalized spacial score (nSPS) is 15.0. The van der Waals surface area contributed by atoms with Gasteiger partial charge in [-0.3, -0.25) is 0 Å². The van der Waals surface area contributed by atoms with E-state index >= 15 is 0 Å². The highest BCUT2D eigenvalue weighted by Gasteiger charge is 2.36. The van der Waals surface area contributed by atoms with E-state index < -0.39 is 25.0 Å². The van der Waals surface area contributed by atoms with E-state index in [0.717, 1.165) is 38.0 Å². The molecule has 0 bridgehead atoms. The van der Waals surface area contributed by atoms with Crippen molar-refractivity contribution in [3.8, 4) is 0 Å². The Morgan fingerprint density at radius 2 is 0.872 bits per heavy atom. The van der Waals surface area contributed by atoms with Gasteiger partial charge in [0.1, 0.15) is 0 Å². The van der Waals surface area contributed by atoms with Gasteiger partial charge < -0.3 is 13.3 Å². The van der Waals surface area contributed by atoms with Gasteiger partial charge in [-0.1, -0.05) is 176 Å². The molecule has 1 aromatic rings. The lowest BCUT2D eigenvalue weighted by Crippen LogP contribution is -2.45. The van der Waals surface area contributed by atoms with Crippen LogP contribution in [0.2, 0.25) is 44.3 Å². The van der Waals surface area contributed by atoms with Crippen LogP contribution in [0.15, 0.2) is 24.3 Å². The number of hydrogen-bond acceptors (Lipinski definition) is 5. The molecule has 1 saturated carbocycles. The molecule has 0 unspecified atom stereocenters. The van der Waals surface area contributed by atoms with Crippen molar-refractivity contribution in [1.29, 1.82) is 0 Å². The van der Waals surface area contributed by atoms with Crippen LogP contribution in [0.5, 0.6) is 0 Å². The van der Waals surface area contributed by atoms with Crippen LogP contribution in [0.3, 0.4) is 0 Å². The minimum atomic E-state index is -2.39. The van der Waals surface area contributed by atoms with Gasteiger partial charge >= 0.3 is 8.80 Å². The Hall–Kier alpha value is -0.329. The number of unbranched alkanes of at least 4 members (excludes halogenated alkanes) is 13. The quantitative estimate of drug-likeness (QED) is 0.0359. The van der Waals surface area contributed by atoms with Gasteiger partial charge in [0.25, 0.3) is 0 Å². The van der Waals surface area contributed by atoms with Crippen LogP contribution in [0, 0.1) is 5.92 Å². The number of rotatable bonds is 29. The maximum Gasteiger partial charge on any atom is 0.500 e. The minimum Gasteiger partial charge on any atom is -0.377 e. The molecule has 0 aromatic heterocycles. The van der Waals surface area contributed by atoms with Crippen LogP contribution in [-0.4, -0.2) is 59.5 Å². The van der Waals surface area contributed by atoms with Crippen LogP contribution in [0.4, 0.5) is 0 Å². The second kappa shape index (κ2) is 24.8. The Kier molecular flexibility index (Phi) is 22.6. The highest BCUT2D eigenvalue weighted by atomic mass is 28.4. The average Bonchev–Trinajstić information content (AvgIpc) is 3.08. The first-order valence-corrected chi connectivity index (χ1v) is 28.0. The van der Waals surface area contributed by atoms with E-state index in [1.807, 2.05) is 0 Å². The van der Waals surface area contributed by atoms with Crippen LogP contribution in [-0.2, 0) is 23.1 Å². The molecule has 0 spiro atoms. The highest BCUT2D eigenvalue weighted by Crippen LogP contribution is 2.24. The Bertz CT molecular complexity index is 877. The molecule has 5 nitrogen and oxygen atoms in total. The van der Waals surface area contributed by atoms with Gasteiger partial charge in [-0.2, -0.15) is 0 Å². The summed E-state index contributed by atoms with van der Waals surface area (Å²) < 4.78 is 16.6. The topological polar surface area (TPSA) is 46.2 Å². The fraction of sp³-hybridized carbons (Fsp3) is 0.846. The predicted octanol–water partition coefficient (Wildman–Crippen LogP) is 10.8. The van der Waals surface area contributed by atoms with Gasteiger partial charge in [0.05, 0.1) is 29.4 Å². The second-order valence-electron chi connectivity index (χ2n) is 15.8. The summed E-state index contributed by atoms with van der Waals surface area (Å²) in [5.74, 6) is 0.735. The fourth-order valence-electron chi connectivity index (χ4n) is 7.36. The minimum absolute atomic E-state index is 0.735. The SMILES string of the molecule is CO[Si](CCCCCCCC[Si](C)(C)c1ccc([Si](C)(C)CCCCCCCCCCCOOCC2CCCCC2)cc1)(OC)OC. The second-order valence-corrected chi connectivity index (χ2v) is 28.6. The number of benzene rings is 1. The summed E-state index contributed by atoms with van der Waals surface area (Å²) in [4.78, 5) is 10.9. The Morgan fingerprint density at radius 3 is 1.30 bits per heavy atom. The monoisotopic (exact) mass is 709 g/mol. The van der Waals surface area contributed by atoms with Gasteiger partial charge in [0.15, 0.2) is 0 Å². The smallest absolute Gasteiger partial charge is 0.377 e. The van der Waals surface area contributed by atoms with Crippen molar-refractivity contribution in [3.63, 3.8) is 0 Å². The lowest BCUT2D eigenvalue weighted by Gasteiger charge is -2.26. The van der Waals surface area contributed by atoms with E-state index in [1.54, 1.807) is 31.7 Å². The molecule has 1 aliphatic rings. The fourth-order valence-corrected chi connectivity index (χ4v) is 14.1. The molecule has 47 heavy (non-hydrogen) atoms. The molecule has 0 saturated heterocycles. The Labute approximate surface area is 294 Å². The van der Waals surface area contributed by atoms with Crippen molar-refractivity contribution in [1.82, 2.24) is 0 Å². The van der Waals surface area contributed by atoms with Crippen molar-refractivity contribution in [3.05, 3.63) is 24.3 Å². The third-order valence-electron chi connectivity index (χ3n) is 11.1. The molecule has 1 aliphatic carbocycles. The van der Waals surface area contributed by atoms with Crippen molar-refractivity contribution in [2.45, 2.75) is 173 Å². The molecular weight excluding hydrogens is 633 g/mol. The summed E-state index contributed by atoms with van der Waals surface area (Å²) in [6, 6.07) is 13.8. The van der Waals surface area contributed by atoms with Crippen LogP contribution >= 0.6 is 0 Å². The first kappa shape index (κ1) is 42.8. The third kappa shape index (κ3) is 17.9. The molecular formula is C39H76O5Si3. The lowest BCUT2D eigenvalue weighted by molar-refractivity contribution is -0.302. The van der Waals surface area contributed by atoms with Gasteiger partial charge in [-0.25, -0.2) is 9.78 Å². The maximum absolute atomic E-state index is 5.54. The summed E-state index contributed by atoms with van der Waals surface area (Å²) in [5, 5.41) is 3.29. The molecule has 0 atom stereocenters. The van der Waals surface area contributed by atoms with Crippen LogP contribution < -0.4 is 10.4 Å².